The van der Waals surface area contributed by atoms with E-state index in [1.807, 2.05) is 24.7 Å². The molecule has 13 heavy (non-hydrogen) atoms. The summed E-state index contributed by atoms with van der Waals surface area (Å²) in [5.74, 6) is 0. The lowest BCUT2D eigenvalue weighted by Crippen LogP contribution is -2.59. The molecule has 1 saturated heterocycles. The second-order valence-corrected chi connectivity index (χ2v) is 4.14. The van der Waals surface area contributed by atoms with E-state index in [9.17, 15) is 5.11 Å². The smallest absolute Gasteiger partial charge is 0.0945 e. The summed E-state index contributed by atoms with van der Waals surface area (Å²) in [6.07, 6.45) is 3.67. The highest BCUT2D eigenvalue weighted by atomic mass is 16.3. The SMILES string of the molecule is Cn1cncc1CN1CC(C)(O)C1. The molecule has 0 spiro atoms. The van der Waals surface area contributed by atoms with Crippen molar-refractivity contribution in [3.63, 3.8) is 0 Å². The van der Waals surface area contributed by atoms with Crippen LogP contribution in [0.2, 0.25) is 0 Å². The topological polar surface area (TPSA) is 41.3 Å². The first-order chi connectivity index (χ1) is 6.07. The number of nitrogens with zero attached hydrogens (tertiary/aromatic N) is 3. The van der Waals surface area contributed by atoms with Gasteiger partial charge in [-0.05, 0) is 6.92 Å². The molecule has 2 rings (SSSR count). The number of imidazole rings is 1. The molecule has 72 valence electrons. The normalized spacial score (nSPS) is 21.5. The van der Waals surface area contributed by atoms with E-state index in [0.717, 1.165) is 19.6 Å². The molecule has 1 aromatic heterocycles. The zero-order valence-corrected chi connectivity index (χ0v) is 8.06. The van der Waals surface area contributed by atoms with Crippen LogP contribution in [0.15, 0.2) is 12.5 Å². The number of likely N-dealkylation sites (tertiary alicyclic amines) is 1. The molecule has 1 aliphatic heterocycles. The molecule has 4 nitrogen and oxygen atoms in total. The molecule has 0 aliphatic carbocycles. The van der Waals surface area contributed by atoms with Crippen LogP contribution in [0.1, 0.15) is 12.6 Å². The van der Waals surface area contributed by atoms with E-state index in [4.69, 9.17) is 0 Å². The number of aryl methyl sites for hydroxylation is 1. The van der Waals surface area contributed by atoms with Gasteiger partial charge in [0, 0.05) is 32.9 Å². The molecule has 2 heterocycles. The fourth-order valence-electron chi connectivity index (χ4n) is 1.79. The Kier molecular flexibility index (Phi) is 1.89. The zero-order chi connectivity index (χ0) is 9.47. The number of β-amino-alcohol motifs (C(OH)–C–C–N with tert-alkyl or cyclic N) is 1. The van der Waals surface area contributed by atoms with Gasteiger partial charge in [0.2, 0.25) is 0 Å². The van der Waals surface area contributed by atoms with Crippen LogP contribution >= 0.6 is 0 Å². The second kappa shape index (κ2) is 2.82. The summed E-state index contributed by atoms with van der Waals surface area (Å²) < 4.78 is 2.01. The Morgan fingerprint density at radius 2 is 2.31 bits per heavy atom. The number of aliphatic hydroxyl groups is 1. The summed E-state index contributed by atoms with van der Waals surface area (Å²) in [6, 6.07) is 0. The highest BCUT2D eigenvalue weighted by Crippen LogP contribution is 2.21. The van der Waals surface area contributed by atoms with Gasteiger partial charge in [0.25, 0.3) is 0 Å². The van der Waals surface area contributed by atoms with Gasteiger partial charge in [-0.25, -0.2) is 4.98 Å². The van der Waals surface area contributed by atoms with Gasteiger partial charge in [-0.1, -0.05) is 0 Å². The molecular formula is C9H15N3O. The third kappa shape index (κ3) is 1.73. The average molecular weight is 181 g/mol. The molecule has 0 unspecified atom stereocenters. The Balaban J connectivity index is 1.91. The van der Waals surface area contributed by atoms with E-state index in [1.165, 1.54) is 5.69 Å². The second-order valence-electron chi connectivity index (χ2n) is 4.14. The Labute approximate surface area is 77.8 Å². The molecule has 1 N–H and O–H groups in total. The number of hydrogen-bond acceptors (Lipinski definition) is 3. The van der Waals surface area contributed by atoms with E-state index in [-0.39, 0.29) is 0 Å². The average Bonchev–Trinajstić information content (AvgIpc) is 2.33. The van der Waals surface area contributed by atoms with Gasteiger partial charge in [-0.3, -0.25) is 4.90 Å². The highest BCUT2D eigenvalue weighted by Gasteiger charge is 2.36. The maximum absolute atomic E-state index is 9.52. The minimum Gasteiger partial charge on any atom is -0.388 e. The van der Waals surface area contributed by atoms with Crippen LogP contribution in [0, 0.1) is 0 Å². The molecule has 0 bridgehead atoms. The third-order valence-electron chi connectivity index (χ3n) is 2.43. The van der Waals surface area contributed by atoms with Gasteiger partial charge in [-0.2, -0.15) is 0 Å². The van der Waals surface area contributed by atoms with Crippen LogP contribution in [0.25, 0.3) is 0 Å². The van der Waals surface area contributed by atoms with E-state index < -0.39 is 5.60 Å². The highest BCUT2D eigenvalue weighted by molar-refractivity contribution is 5.01. The molecule has 1 aromatic rings. The summed E-state index contributed by atoms with van der Waals surface area (Å²) >= 11 is 0. The fourth-order valence-corrected chi connectivity index (χ4v) is 1.79. The maximum Gasteiger partial charge on any atom is 0.0945 e. The predicted molar refractivity (Wildman–Crippen MR) is 49.1 cm³/mol. The molecule has 0 radical (unpaired) electrons. The summed E-state index contributed by atoms with van der Waals surface area (Å²) in [5, 5.41) is 9.52. The van der Waals surface area contributed by atoms with Crippen molar-refractivity contribution in [3.8, 4) is 0 Å². The van der Waals surface area contributed by atoms with Crippen molar-refractivity contribution in [1.29, 1.82) is 0 Å². The van der Waals surface area contributed by atoms with Gasteiger partial charge in [0.1, 0.15) is 0 Å². The Morgan fingerprint density at radius 1 is 1.62 bits per heavy atom. The van der Waals surface area contributed by atoms with Crippen LogP contribution in [0.4, 0.5) is 0 Å². The number of hydrogen-bond donors (Lipinski definition) is 1. The molecule has 0 amide bonds. The van der Waals surface area contributed by atoms with Gasteiger partial charge >= 0.3 is 0 Å². The molecule has 1 fully saturated rings. The minimum atomic E-state index is -0.474. The minimum absolute atomic E-state index is 0.474. The quantitative estimate of drug-likeness (QED) is 0.697. The van der Waals surface area contributed by atoms with E-state index in [1.54, 1.807) is 6.33 Å². The van der Waals surface area contributed by atoms with Gasteiger partial charge in [0.05, 0.1) is 17.6 Å². The summed E-state index contributed by atoms with van der Waals surface area (Å²) in [5.41, 5.74) is 0.717. The zero-order valence-electron chi connectivity index (χ0n) is 8.06. The van der Waals surface area contributed by atoms with Crippen molar-refractivity contribution in [2.45, 2.75) is 19.1 Å². The van der Waals surface area contributed by atoms with Crippen LogP contribution < -0.4 is 0 Å². The largest absolute Gasteiger partial charge is 0.388 e. The first-order valence-corrected chi connectivity index (χ1v) is 4.47. The Bertz CT molecular complexity index is 298. The van der Waals surface area contributed by atoms with Gasteiger partial charge in [-0.15, -0.1) is 0 Å². The molecular weight excluding hydrogens is 166 g/mol. The van der Waals surface area contributed by atoms with Gasteiger partial charge in [0.15, 0.2) is 0 Å². The van der Waals surface area contributed by atoms with E-state index in [0.29, 0.717) is 0 Å². The molecule has 0 aromatic carbocycles. The Hall–Kier alpha value is -0.870. The molecule has 4 heteroatoms. The monoisotopic (exact) mass is 181 g/mol. The standard InChI is InChI=1S/C9H15N3O/c1-9(13)5-12(6-9)4-8-3-10-7-11(8)2/h3,7,13H,4-6H2,1-2H3. The first kappa shape index (κ1) is 8.72. The molecule has 0 saturated carbocycles. The summed E-state index contributed by atoms with van der Waals surface area (Å²) in [6.45, 7) is 4.27. The van der Waals surface area contributed by atoms with Crippen molar-refractivity contribution in [1.82, 2.24) is 14.5 Å². The fraction of sp³-hybridized carbons (Fsp3) is 0.667. The van der Waals surface area contributed by atoms with Crippen molar-refractivity contribution in [3.05, 3.63) is 18.2 Å². The van der Waals surface area contributed by atoms with Crippen LogP contribution in [0.5, 0.6) is 0 Å². The number of rotatable bonds is 2. The van der Waals surface area contributed by atoms with Crippen molar-refractivity contribution < 1.29 is 5.11 Å². The lowest BCUT2D eigenvalue weighted by molar-refractivity contribution is -0.0878. The lowest BCUT2D eigenvalue weighted by atomic mass is 9.97. The number of aromatic nitrogens is 2. The van der Waals surface area contributed by atoms with Crippen LogP contribution in [0.3, 0.4) is 0 Å². The van der Waals surface area contributed by atoms with Crippen molar-refractivity contribution in [2.75, 3.05) is 13.1 Å². The summed E-state index contributed by atoms with van der Waals surface area (Å²) in [4.78, 5) is 6.25. The lowest BCUT2D eigenvalue weighted by Gasteiger charge is -2.44. The predicted octanol–water partition coefficient (Wildman–Crippen LogP) is -0.0133. The van der Waals surface area contributed by atoms with Gasteiger partial charge < -0.3 is 9.67 Å². The first-order valence-electron chi connectivity index (χ1n) is 4.47. The Morgan fingerprint density at radius 3 is 2.77 bits per heavy atom. The maximum atomic E-state index is 9.52. The van der Waals surface area contributed by atoms with Crippen LogP contribution in [-0.2, 0) is 13.6 Å². The van der Waals surface area contributed by atoms with Crippen LogP contribution in [-0.4, -0.2) is 38.2 Å². The van der Waals surface area contributed by atoms with Crippen molar-refractivity contribution in [2.24, 2.45) is 7.05 Å². The molecule has 0 atom stereocenters. The third-order valence-corrected chi connectivity index (χ3v) is 2.43. The van der Waals surface area contributed by atoms with E-state index in [2.05, 4.69) is 9.88 Å². The molecule has 1 aliphatic rings. The van der Waals surface area contributed by atoms with Crippen molar-refractivity contribution >= 4 is 0 Å². The van der Waals surface area contributed by atoms with E-state index >= 15 is 0 Å². The summed E-state index contributed by atoms with van der Waals surface area (Å²) in [7, 11) is 1.99.